The molecule has 0 aromatic rings. The average molecular weight is 188 g/mol. The highest BCUT2D eigenvalue weighted by molar-refractivity contribution is 4.83. The molecule has 13 heavy (non-hydrogen) atoms. The molecule has 0 saturated carbocycles. The Morgan fingerprint density at radius 1 is 1.08 bits per heavy atom. The van der Waals surface area contributed by atoms with Gasteiger partial charge in [0, 0.05) is 0 Å². The maximum absolute atomic E-state index is 9.98. The normalized spacial score (nSPS) is 9.23. The van der Waals surface area contributed by atoms with Gasteiger partial charge >= 0.3 is 0 Å². The summed E-state index contributed by atoms with van der Waals surface area (Å²) in [6, 6.07) is 0. The third-order valence-corrected chi connectivity index (χ3v) is 1.05. The Hall–Kier alpha value is -1.76. The van der Waals surface area contributed by atoms with Gasteiger partial charge in [0.15, 0.2) is 0 Å². The van der Waals surface area contributed by atoms with Gasteiger partial charge in [0.25, 0.3) is 11.4 Å². The predicted octanol–water partition coefficient (Wildman–Crippen LogP) is 0.584. The van der Waals surface area contributed by atoms with Crippen LogP contribution in [0.5, 0.6) is 0 Å². The summed E-state index contributed by atoms with van der Waals surface area (Å²) in [4.78, 5) is 18.5. The molecule has 0 rings (SSSR count). The van der Waals surface area contributed by atoms with Crippen LogP contribution in [0.4, 0.5) is 0 Å². The highest BCUT2D eigenvalue weighted by Crippen LogP contribution is 1.96. The molecule has 0 saturated heterocycles. The molecule has 0 spiro atoms. The monoisotopic (exact) mass is 188 g/mol. The van der Waals surface area contributed by atoms with Crippen LogP contribution in [0.1, 0.15) is 0 Å². The predicted molar refractivity (Wildman–Crippen MR) is 43.1 cm³/mol. The maximum Gasteiger partial charge on any atom is 0.264 e. The molecule has 0 aliphatic heterocycles. The Kier molecular flexibility index (Phi) is 4.31. The van der Waals surface area contributed by atoms with E-state index in [-0.39, 0.29) is 24.6 Å². The van der Waals surface area contributed by atoms with Crippen LogP contribution in [0.2, 0.25) is 0 Å². The van der Waals surface area contributed by atoms with Crippen molar-refractivity contribution in [3.8, 4) is 0 Å². The molecule has 0 aromatic carbocycles. The first-order valence-corrected chi connectivity index (χ1v) is 3.17. The quantitative estimate of drug-likeness (QED) is 0.448. The summed E-state index contributed by atoms with van der Waals surface area (Å²) in [5, 5.41) is 20.0. The zero-order chi connectivity index (χ0) is 10.4. The van der Waals surface area contributed by atoms with Gasteiger partial charge < -0.3 is 4.74 Å². The Bertz CT molecular complexity index is 234. The number of nitrogens with zero attached hydrogens (tertiary/aromatic N) is 2. The van der Waals surface area contributed by atoms with Gasteiger partial charge in [-0.05, 0) is 13.2 Å². The first-order valence-electron chi connectivity index (χ1n) is 3.17. The van der Waals surface area contributed by atoms with E-state index in [1.807, 2.05) is 0 Å². The SMILES string of the molecule is C=C(COCC(=C)[N+](=O)[O-])[N+](=O)[O-]. The van der Waals surface area contributed by atoms with Crippen molar-refractivity contribution >= 4 is 0 Å². The van der Waals surface area contributed by atoms with Crippen molar-refractivity contribution < 1.29 is 14.6 Å². The van der Waals surface area contributed by atoms with Crippen LogP contribution in [-0.2, 0) is 4.74 Å². The van der Waals surface area contributed by atoms with Gasteiger partial charge in [0.05, 0.1) is 9.85 Å². The fraction of sp³-hybridized carbons (Fsp3) is 0.333. The first kappa shape index (κ1) is 11.2. The van der Waals surface area contributed by atoms with E-state index in [9.17, 15) is 20.2 Å². The lowest BCUT2D eigenvalue weighted by molar-refractivity contribution is -0.437. The molecule has 7 heteroatoms. The lowest BCUT2D eigenvalue weighted by Gasteiger charge is -1.98. The van der Waals surface area contributed by atoms with Crippen molar-refractivity contribution in [3.63, 3.8) is 0 Å². The Morgan fingerprint density at radius 2 is 1.38 bits per heavy atom. The van der Waals surface area contributed by atoms with E-state index in [1.54, 1.807) is 0 Å². The Morgan fingerprint density at radius 3 is 1.62 bits per heavy atom. The lowest BCUT2D eigenvalue weighted by Crippen LogP contribution is -2.10. The molecule has 0 N–H and O–H groups in total. The molecule has 7 nitrogen and oxygen atoms in total. The second-order valence-corrected chi connectivity index (χ2v) is 2.14. The molecule has 0 aromatic heterocycles. The fourth-order valence-electron chi connectivity index (χ4n) is 0.392. The standard InChI is InChI=1S/C6H8N2O5/c1-5(7(9)10)3-13-4-6(2)8(11)12/h1-4H2. The van der Waals surface area contributed by atoms with Gasteiger partial charge in [-0.25, -0.2) is 0 Å². The van der Waals surface area contributed by atoms with Gasteiger partial charge in [0.2, 0.25) is 0 Å². The summed E-state index contributed by atoms with van der Waals surface area (Å²) < 4.78 is 4.60. The number of rotatable bonds is 6. The molecule has 0 unspecified atom stereocenters. The van der Waals surface area contributed by atoms with E-state index in [1.165, 1.54) is 0 Å². The molecule has 0 aliphatic carbocycles. The van der Waals surface area contributed by atoms with Gasteiger partial charge in [-0.15, -0.1) is 0 Å². The zero-order valence-corrected chi connectivity index (χ0v) is 6.76. The van der Waals surface area contributed by atoms with Crippen molar-refractivity contribution in [2.24, 2.45) is 0 Å². The molecular weight excluding hydrogens is 180 g/mol. The molecule has 0 radical (unpaired) electrons. The smallest absolute Gasteiger partial charge is 0.264 e. The van der Waals surface area contributed by atoms with E-state index < -0.39 is 9.85 Å². The van der Waals surface area contributed by atoms with Gasteiger partial charge in [0.1, 0.15) is 13.2 Å². The van der Waals surface area contributed by atoms with Crippen LogP contribution >= 0.6 is 0 Å². The van der Waals surface area contributed by atoms with E-state index in [0.29, 0.717) is 0 Å². The van der Waals surface area contributed by atoms with Gasteiger partial charge in [-0.3, -0.25) is 20.2 Å². The van der Waals surface area contributed by atoms with Crippen LogP contribution in [0.25, 0.3) is 0 Å². The van der Waals surface area contributed by atoms with Crippen molar-refractivity contribution in [1.29, 1.82) is 0 Å². The largest absolute Gasteiger partial charge is 0.359 e. The van der Waals surface area contributed by atoms with E-state index in [0.717, 1.165) is 0 Å². The third kappa shape index (κ3) is 4.64. The summed E-state index contributed by atoms with van der Waals surface area (Å²) in [5.41, 5.74) is -0.702. The first-order chi connectivity index (χ1) is 5.95. The lowest BCUT2D eigenvalue weighted by atomic mass is 10.5. The highest BCUT2D eigenvalue weighted by Gasteiger charge is 2.10. The van der Waals surface area contributed by atoms with Crippen LogP contribution in [0, 0.1) is 20.2 Å². The van der Waals surface area contributed by atoms with Crippen LogP contribution in [0.3, 0.4) is 0 Å². The average Bonchev–Trinajstić information content (AvgIpc) is 2.03. The molecule has 0 heterocycles. The molecule has 0 amide bonds. The summed E-state index contributed by atoms with van der Waals surface area (Å²) in [5.74, 6) is 0. The van der Waals surface area contributed by atoms with E-state index in [4.69, 9.17) is 0 Å². The number of hydrogen-bond donors (Lipinski definition) is 0. The Balaban J connectivity index is 3.69. The van der Waals surface area contributed by atoms with E-state index >= 15 is 0 Å². The van der Waals surface area contributed by atoms with Crippen molar-refractivity contribution in [3.05, 3.63) is 44.8 Å². The fourth-order valence-corrected chi connectivity index (χ4v) is 0.392. The van der Waals surface area contributed by atoms with Gasteiger partial charge in [-0.1, -0.05) is 0 Å². The number of hydrogen-bond acceptors (Lipinski definition) is 5. The highest BCUT2D eigenvalue weighted by atomic mass is 16.6. The topological polar surface area (TPSA) is 95.5 Å². The van der Waals surface area contributed by atoms with Crippen LogP contribution < -0.4 is 0 Å². The van der Waals surface area contributed by atoms with Crippen molar-refractivity contribution in [2.45, 2.75) is 0 Å². The van der Waals surface area contributed by atoms with Crippen molar-refractivity contribution in [2.75, 3.05) is 13.2 Å². The minimum absolute atomic E-state index is 0.347. The van der Waals surface area contributed by atoms with Crippen molar-refractivity contribution in [1.82, 2.24) is 0 Å². The molecular formula is C6H8N2O5. The summed E-state index contributed by atoms with van der Waals surface area (Å²) >= 11 is 0. The Labute approximate surface area is 73.6 Å². The minimum atomic E-state index is -0.713. The number of nitro groups is 2. The van der Waals surface area contributed by atoms with Crippen LogP contribution in [-0.4, -0.2) is 23.1 Å². The van der Waals surface area contributed by atoms with E-state index in [2.05, 4.69) is 17.9 Å². The summed E-state index contributed by atoms with van der Waals surface area (Å²) in [6.45, 7) is 5.45. The molecule has 0 aliphatic rings. The minimum Gasteiger partial charge on any atom is -0.359 e. The second kappa shape index (κ2) is 4.99. The second-order valence-electron chi connectivity index (χ2n) is 2.14. The summed E-state index contributed by atoms with van der Waals surface area (Å²) in [7, 11) is 0. The molecule has 0 atom stereocenters. The number of ether oxygens (including phenoxy) is 1. The maximum atomic E-state index is 9.98. The third-order valence-electron chi connectivity index (χ3n) is 1.05. The van der Waals surface area contributed by atoms with Crippen LogP contribution in [0.15, 0.2) is 24.6 Å². The molecule has 72 valence electrons. The summed E-state index contributed by atoms with van der Waals surface area (Å²) in [6.07, 6.45) is 0. The molecule has 0 fully saturated rings. The van der Waals surface area contributed by atoms with Gasteiger partial charge in [-0.2, -0.15) is 0 Å². The zero-order valence-electron chi connectivity index (χ0n) is 6.76. The molecule has 0 bridgehead atoms.